The van der Waals surface area contributed by atoms with Crippen molar-refractivity contribution in [3.8, 4) is 18.1 Å². The van der Waals surface area contributed by atoms with Gasteiger partial charge in [-0.2, -0.15) is 0 Å². The number of ketones is 1. The molecule has 0 aliphatic carbocycles. The van der Waals surface area contributed by atoms with Crippen LogP contribution in [0.2, 0.25) is 0 Å². The van der Waals surface area contributed by atoms with Crippen molar-refractivity contribution in [2.45, 2.75) is 20.3 Å². The number of rotatable bonds is 5. The van der Waals surface area contributed by atoms with Crippen molar-refractivity contribution in [1.82, 2.24) is 0 Å². The molecule has 88 valence electrons. The predicted octanol–water partition coefficient (Wildman–Crippen LogP) is 3.00. The molecule has 0 saturated carbocycles. The summed E-state index contributed by atoms with van der Waals surface area (Å²) in [5.74, 6) is 3.22. The van der Waals surface area contributed by atoms with Crippen LogP contribution in [0.3, 0.4) is 0 Å². The van der Waals surface area contributed by atoms with E-state index in [1.54, 1.807) is 12.2 Å². The first-order valence-electron chi connectivity index (χ1n) is 5.55. The molecule has 0 aliphatic rings. The zero-order valence-electron chi connectivity index (χ0n) is 10.2. The summed E-state index contributed by atoms with van der Waals surface area (Å²) in [6.45, 7) is 4.05. The number of hydrogen-bond acceptors (Lipinski definition) is 2. The van der Waals surface area contributed by atoms with Gasteiger partial charge in [0.15, 0.2) is 5.78 Å². The van der Waals surface area contributed by atoms with Crippen LogP contribution in [0, 0.1) is 19.3 Å². The largest absolute Gasteiger partial charge is 0.480 e. The molecule has 0 atom stereocenters. The number of ether oxygens (including phenoxy) is 1. The predicted molar refractivity (Wildman–Crippen MR) is 69.8 cm³/mol. The number of hydrogen-bond donors (Lipinski definition) is 0. The van der Waals surface area contributed by atoms with E-state index in [0.717, 1.165) is 11.1 Å². The van der Waals surface area contributed by atoms with Gasteiger partial charge in [0.25, 0.3) is 0 Å². The fourth-order valence-electron chi connectivity index (χ4n) is 1.35. The Labute approximate surface area is 102 Å². The zero-order valence-corrected chi connectivity index (χ0v) is 10.2. The summed E-state index contributed by atoms with van der Waals surface area (Å²) in [5.41, 5.74) is 1.99. The molecule has 0 bridgehead atoms. The van der Waals surface area contributed by atoms with Crippen LogP contribution in [-0.4, -0.2) is 12.4 Å². The van der Waals surface area contributed by atoms with Gasteiger partial charge in [-0.1, -0.05) is 24.5 Å². The van der Waals surface area contributed by atoms with Gasteiger partial charge >= 0.3 is 0 Å². The van der Waals surface area contributed by atoms with Crippen molar-refractivity contribution in [3.05, 3.63) is 35.4 Å². The molecule has 1 aromatic rings. The van der Waals surface area contributed by atoms with Gasteiger partial charge in [-0.3, -0.25) is 4.79 Å². The van der Waals surface area contributed by atoms with Gasteiger partial charge in [-0.15, -0.1) is 6.42 Å². The van der Waals surface area contributed by atoms with Crippen LogP contribution in [-0.2, 0) is 4.79 Å². The number of allylic oxidation sites excluding steroid dienone is 1. The van der Waals surface area contributed by atoms with Crippen molar-refractivity contribution in [2.75, 3.05) is 6.61 Å². The lowest BCUT2D eigenvalue weighted by molar-refractivity contribution is -0.114. The van der Waals surface area contributed by atoms with Crippen LogP contribution >= 0.6 is 0 Å². The highest BCUT2D eigenvalue weighted by Gasteiger charge is 2.01. The minimum absolute atomic E-state index is 0.0920. The summed E-state index contributed by atoms with van der Waals surface area (Å²) in [6, 6.07) is 5.78. The first-order valence-corrected chi connectivity index (χ1v) is 5.55. The molecule has 0 spiro atoms. The Bertz CT molecular complexity index is 464. The molecule has 1 aromatic carbocycles. The van der Waals surface area contributed by atoms with Crippen LogP contribution in [0.25, 0.3) is 6.08 Å². The van der Waals surface area contributed by atoms with E-state index >= 15 is 0 Å². The lowest BCUT2D eigenvalue weighted by atomic mass is 10.1. The molecule has 0 aliphatic heterocycles. The zero-order chi connectivity index (χ0) is 12.7. The number of carbonyl (C=O) groups is 1. The molecule has 2 nitrogen and oxygen atoms in total. The van der Waals surface area contributed by atoms with Crippen molar-refractivity contribution < 1.29 is 9.53 Å². The SMILES string of the molecule is C#CCOc1ccc(C)cc1/C=C/C(=O)CC. The van der Waals surface area contributed by atoms with Crippen LogP contribution in [0.15, 0.2) is 24.3 Å². The van der Waals surface area contributed by atoms with E-state index in [1.807, 2.05) is 32.0 Å². The van der Waals surface area contributed by atoms with Crippen molar-refractivity contribution in [1.29, 1.82) is 0 Å². The molecule has 0 heterocycles. The third-order valence-electron chi connectivity index (χ3n) is 2.27. The summed E-state index contributed by atoms with van der Waals surface area (Å²) in [4.78, 5) is 11.2. The second-order valence-electron chi connectivity index (χ2n) is 3.69. The van der Waals surface area contributed by atoms with Crippen LogP contribution in [0.4, 0.5) is 0 Å². The van der Waals surface area contributed by atoms with Gasteiger partial charge in [0.2, 0.25) is 0 Å². The Morgan fingerprint density at radius 1 is 1.53 bits per heavy atom. The molecule has 0 aromatic heterocycles. The summed E-state index contributed by atoms with van der Waals surface area (Å²) in [5, 5.41) is 0. The highest BCUT2D eigenvalue weighted by Crippen LogP contribution is 2.21. The third-order valence-corrected chi connectivity index (χ3v) is 2.27. The van der Waals surface area contributed by atoms with E-state index in [9.17, 15) is 4.79 Å². The van der Waals surface area contributed by atoms with E-state index < -0.39 is 0 Å². The van der Waals surface area contributed by atoms with Gasteiger partial charge < -0.3 is 4.74 Å². The molecular weight excluding hydrogens is 212 g/mol. The highest BCUT2D eigenvalue weighted by atomic mass is 16.5. The van der Waals surface area contributed by atoms with E-state index in [-0.39, 0.29) is 12.4 Å². The summed E-state index contributed by atoms with van der Waals surface area (Å²) in [6.07, 6.45) is 8.99. The van der Waals surface area contributed by atoms with E-state index in [1.165, 1.54) is 0 Å². The summed E-state index contributed by atoms with van der Waals surface area (Å²) in [7, 11) is 0. The number of terminal acetylenes is 1. The first-order chi connectivity index (χ1) is 8.17. The molecule has 0 radical (unpaired) electrons. The van der Waals surface area contributed by atoms with Crippen molar-refractivity contribution in [3.63, 3.8) is 0 Å². The summed E-state index contributed by atoms with van der Waals surface area (Å²) < 4.78 is 5.41. The maximum absolute atomic E-state index is 11.2. The quantitative estimate of drug-likeness (QED) is 0.572. The van der Waals surface area contributed by atoms with Crippen LogP contribution in [0.5, 0.6) is 5.75 Å². The Balaban J connectivity index is 2.95. The number of carbonyl (C=O) groups excluding carboxylic acids is 1. The van der Waals surface area contributed by atoms with E-state index in [0.29, 0.717) is 12.2 Å². The molecule has 0 saturated heterocycles. The average Bonchev–Trinajstić information content (AvgIpc) is 2.34. The molecule has 2 heteroatoms. The number of aryl methyl sites for hydroxylation is 1. The summed E-state index contributed by atoms with van der Waals surface area (Å²) >= 11 is 0. The fourth-order valence-corrected chi connectivity index (χ4v) is 1.35. The Morgan fingerprint density at radius 3 is 2.94 bits per heavy atom. The highest BCUT2D eigenvalue weighted by molar-refractivity contribution is 5.93. The lowest BCUT2D eigenvalue weighted by Gasteiger charge is -2.07. The van der Waals surface area contributed by atoms with Gasteiger partial charge in [0.1, 0.15) is 12.4 Å². The van der Waals surface area contributed by atoms with Gasteiger partial charge in [0, 0.05) is 12.0 Å². The molecule has 0 fully saturated rings. The maximum atomic E-state index is 11.2. The maximum Gasteiger partial charge on any atom is 0.155 e. The molecule has 0 amide bonds. The Kier molecular flexibility index (Phi) is 5.03. The minimum atomic E-state index is 0.0920. The third kappa shape index (κ3) is 4.16. The molecule has 0 N–H and O–H groups in total. The van der Waals surface area contributed by atoms with Crippen LogP contribution in [0.1, 0.15) is 24.5 Å². The monoisotopic (exact) mass is 228 g/mol. The fraction of sp³-hybridized carbons (Fsp3) is 0.267. The normalized spacial score (nSPS) is 10.2. The van der Waals surface area contributed by atoms with E-state index in [4.69, 9.17) is 11.2 Å². The second kappa shape index (κ2) is 6.55. The Hall–Kier alpha value is -2.01. The molecule has 1 rings (SSSR count). The molecule has 0 unspecified atom stereocenters. The Morgan fingerprint density at radius 2 is 2.29 bits per heavy atom. The topological polar surface area (TPSA) is 26.3 Å². The van der Waals surface area contributed by atoms with Crippen molar-refractivity contribution in [2.24, 2.45) is 0 Å². The number of benzene rings is 1. The van der Waals surface area contributed by atoms with Gasteiger partial charge in [-0.25, -0.2) is 0 Å². The smallest absolute Gasteiger partial charge is 0.155 e. The van der Waals surface area contributed by atoms with Crippen LogP contribution < -0.4 is 4.74 Å². The average molecular weight is 228 g/mol. The second-order valence-corrected chi connectivity index (χ2v) is 3.69. The van der Waals surface area contributed by atoms with Crippen molar-refractivity contribution >= 4 is 11.9 Å². The standard InChI is InChI=1S/C15H16O2/c1-4-10-17-15-9-6-12(3)11-13(15)7-8-14(16)5-2/h1,6-9,11H,5,10H2,2-3H3/b8-7+. The first kappa shape index (κ1) is 13.1. The van der Waals surface area contributed by atoms with E-state index in [2.05, 4.69) is 5.92 Å². The molecule has 17 heavy (non-hydrogen) atoms. The lowest BCUT2D eigenvalue weighted by Crippen LogP contribution is -1.96. The minimum Gasteiger partial charge on any atom is -0.480 e. The van der Waals surface area contributed by atoms with Gasteiger partial charge in [0.05, 0.1) is 0 Å². The molecular formula is C15H16O2. The van der Waals surface area contributed by atoms with Gasteiger partial charge in [-0.05, 0) is 31.2 Å².